The Kier molecular flexibility index (Phi) is 4.42. The van der Waals surface area contributed by atoms with Gasteiger partial charge in [0.1, 0.15) is 5.82 Å². The number of pyridine rings is 1. The van der Waals surface area contributed by atoms with E-state index < -0.39 is 0 Å². The van der Waals surface area contributed by atoms with Crippen molar-refractivity contribution in [2.45, 2.75) is 51.5 Å². The number of nitrogens with zero attached hydrogens (tertiary/aromatic N) is 3. The van der Waals surface area contributed by atoms with E-state index in [2.05, 4.69) is 16.0 Å². The van der Waals surface area contributed by atoms with Gasteiger partial charge in [-0.2, -0.15) is 0 Å². The highest BCUT2D eigenvalue weighted by atomic mass is 16.2. The molecule has 0 saturated carbocycles. The molecule has 3 rings (SSSR count). The monoisotopic (exact) mass is 287 g/mol. The molecule has 4 heteroatoms. The smallest absolute Gasteiger partial charge is 0.219 e. The standard InChI is InChI=1S/C17H25N3O/c1-14(21)20-13-7-9-16(20)15-8-6-10-18-17(15)19-11-4-2-3-5-12-19/h6,8,10,16H,2-5,7,9,11-13H2,1H3/t16-/m1/s1. The molecule has 2 fully saturated rings. The van der Waals surface area contributed by atoms with Gasteiger partial charge in [-0.1, -0.05) is 18.9 Å². The summed E-state index contributed by atoms with van der Waals surface area (Å²) in [5, 5.41) is 0. The van der Waals surface area contributed by atoms with Crippen LogP contribution in [0.4, 0.5) is 5.82 Å². The van der Waals surface area contributed by atoms with Gasteiger partial charge in [0, 0.05) is 38.3 Å². The van der Waals surface area contributed by atoms with Crippen LogP contribution in [0, 0.1) is 0 Å². The van der Waals surface area contributed by atoms with Gasteiger partial charge in [0.25, 0.3) is 0 Å². The molecule has 3 heterocycles. The van der Waals surface area contributed by atoms with E-state index in [-0.39, 0.29) is 11.9 Å². The van der Waals surface area contributed by atoms with Gasteiger partial charge in [-0.05, 0) is 31.7 Å². The first-order valence-corrected chi connectivity index (χ1v) is 8.24. The number of hydrogen-bond acceptors (Lipinski definition) is 3. The molecule has 0 radical (unpaired) electrons. The minimum Gasteiger partial charge on any atom is -0.356 e. The maximum absolute atomic E-state index is 11.9. The lowest BCUT2D eigenvalue weighted by molar-refractivity contribution is -0.129. The summed E-state index contributed by atoms with van der Waals surface area (Å²) in [6.45, 7) is 4.75. The zero-order valence-electron chi connectivity index (χ0n) is 12.9. The number of amides is 1. The maximum Gasteiger partial charge on any atom is 0.219 e. The van der Waals surface area contributed by atoms with Crippen LogP contribution in [0.15, 0.2) is 18.3 Å². The van der Waals surface area contributed by atoms with Crippen molar-refractivity contribution in [1.82, 2.24) is 9.88 Å². The van der Waals surface area contributed by atoms with Crippen LogP contribution in [0.2, 0.25) is 0 Å². The number of aromatic nitrogens is 1. The predicted octanol–water partition coefficient (Wildman–Crippen LogP) is 3.15. The quantitative estimate of drug-likeness (QED) is 0.838. The summed E-state index contributed by atoms with van der Waals surface area (Å²) >= 11 is 0. The summed E-state index contributed by atoms with van der Waals surface area (Å²) in [5.41, 5.74) is 1.24. The van der Waals surface area contributed by atoms with Crippen LogP contribution >= 0.6 is 0 Å². The molecule has 0 bridgehead atoms. The fraction of sp³-hybridized carbons (Fsp3) is 0.647. The third-order valence-corrected chi connectivity index (χ3v) is 4.74. The van der Waals surface area contributed by atoms with Crippen LogP contribution in [0.1, 0.15) is 57.1 Å². The molecule has 2 aliphatic heterocycles. The van der Waals surface area contributed by atoms with Gasteiger partial charge in [-0.15, -0.1) is 0 Å². The molecule has 2 aliphatic rings. The lowest BCUT2D eigenvalue weighted by Crippen LogP contribution is -2.31. The fourth-order valence-electron chi connectivity index (χ4n) is 3.68. The maximum atomic E-state index is 11.9. The van der Waals surface area contributed by atoms with Gasteiger partial charge in [-0.3, -0.25) is 4.79 Å². The largest absolute Gasteiger partial charge is 0.356 e. The molecular formula is C17H25N3O. The Balaban J connectivity index is 1.90. The van der Waals surface area contributed by atoms with Gasteiger partial charge < -0.3 is 9.80 Å². The van der Waals surface area contributed by atoms with Crippen molar-refractivity contribution in [3.8, 4) is 0 Å². The van der Waals surface area contributed by atoms with Crippen molar-refractivity contribution in [2.24, 2.45) is 0 Å². The Morgan fingerprint density at radius 3 is 2.62 bits per heavy atom. The van der Waals surface area contributed by atoms with Crippen molar-refractivity contribution in [2.75, 3.05) is 24.5 Å². The van der Waals surface area contributed by atoms with Crippen LogP contribution in [0.3, 0.4) is 0 Å². The lowest BCUT2D eigenvalue weighted by Gasteiger charge is -2.29. The molecule has 0 aromatic carbocycles. The van der Waals surface area contributed by atoms with E-state index in [1.165, 1.54) is 31.2 Å². The number of anilines is 1. The average Bonchev–Trinajstić information content (AvgIpc) is 2.83. The molecule has 2 saturated heterocycles. The van der Waals surface area contributed by atoms with Gasteiger partial charge in [0.2, 0.25) is 5.91 Å². The minimum absolute atomic E-state index is 0.183. The van der Waals surface area contributed by atoms with Gasteiger partial charge in [0.05, 0.1) is 6.04 Å². The van der Waals surface area contributed by atoms with E-state index in [4.69, 9.17) is 0 Å². The molecule has 1 amide bonds. The molecule has 0 unspecified atom stereocenters. The van der Waals surface area contributed by atoms with Crippen LogP contribution in [0.25, 0.3) is 0 Å². The first-order valence-electron chi connectivity index (χ1n) is 8.24. The van der Waals surface area contributed by atoms with Crippen molar-refractivity contribution >= 4 is 11.7 Å². The number of hydrogen-bond donors (Lipinski definition) is 0. The third kappa shape index (κ3) is 3.04. The molecule has 1 aromatic heterocycles. The van der Waals surface area contributed by atoms with E-state index >= 15 is 0 Å². The summed E-state index contributed by atoms with van der Waals surface area (Å²) in [5.74, 6) is 1.29. The summed E-state index contributed by atoms with van der Waals surface area (Å²) in [4.78, 5) is 21.0. The highest BCUT2D eigenvalue weighted by molar-refractivity contribution is 5.74. The van der Waals surface area contributed by atoms with Crippen LogP contribution in [0.5, 0.6) is 0 Å². The Labute approximate surface area is 127 Å². The van der Waals surface area contributed by atoms with Gasteiger partial charge in [-0.25, -0.2) is 4.98 Å². The molecule has 4 nitrogen and oxygen atoms in total. The molecule has 0 spiro atoms. The van der Waals surface area contributed by atoms with Crippen LogP contribution in [-0.2, 0) is 4.79 Å². The SMILES string of the molecule is CC(=O)N1CCC[C@@H]1c1cccnc1N1CCCCCC1. The molecule has 21 heavy (non-hydrogen) atoms. The summed E-state index contributed by atoms with van der Waals surface area (Å²) in [6.07, 6.45) is 9.18. The Hall–Kier alpha value is -1.58. The van der Waals surface area contributed by atoms with Crippen LogP contribution in [-0.4, -0.2) is 35.4 Å². The fourth-order valence-corrected chi connectivity index (χ4v) is 3.68. The molecular weight excluding hydrogens is 262 g/mol. The number of likely N-dealkylation sites (tertiary alicyclic amines) is 1. The van der Waals surface area contributed by atoms with E-state index in [1.807, 2.05) is 17.2 Å². The first kappa shape index (κ1) is 14.4. The van der Waals surface area contributed by atoms with Crippen molar-refractivity contribution in [3.63, 3.8) is 0 Å². The number of rotatable bonds is 2. The zero-order valence-corrected chi connectivity index (χ0v) is 12.9. The van der Waals surface area contributed by atoms with Crippen molar-refractivity contribution in [3.05, 3.63) is 23.9 Å². The third-order valence-electron chi connectivity index (χ3n) is 4.74. The number of carbonyl (C=O) groups is 1. The lowest BCUT2D eigenvalue weighted by atomic mass is 10.0. The van der Waals surface area contributed by atoms with Gasteiger partial charge >= 0.3 is 0 Å². The second kappa shape index (κ2) is 6.46. The van der Waals surface area contributed by atoms with Crippen molar-refractivity contribution < 1.29 is 4.79 Å². The second-order valence-electron chi connectivity index (χ2n) is 6.19. The van der Waals surface area contributed by atoms with Gasteiger partial charge in [0.15, 0.2) is 0 Å². The summed E-state index contributed by atoms with van der Waals surface area (Å²) in [7, 11) is 0. The van der Waals surface area contributed by atoms with E-state index in [0.717, 1.165) is 38.3 Å². The summed E-state index contributed by atoms with van der Waals surface area (Å²) in [6, 6.07) is 4.39. The normalized spacial score (nSPS) is 23.2. The van der Waals surface area contributed by atoms with E-state index in [1.54, 1.807) is 6.92 Å². The summed E-state index contributed by atoms with van der Waals surface area (Å²) < 4.78 is 0. The number of carbonyl (C=O) groups excluding carboxylic acids is 1. The molecule has 1 aromatic rings. The zero-order chi connectivity index (χ0) is 14.7. The topological polar surface area (TPSA) is 36.4 Å². The Morgan fingerprint density at radius 1 is 1.14 bits per heavy atom. The second-order valence-corrected chi connectivity index (χ2v) is 6.19. The first-order chi connectivity index (χ1) is 10.3. The highest BCUT2D eigenvalue weighted by Crippen LogP contribution is 2.36. The predicted molar refractivity (Wildman–Crippen MR) is 84.3 cm³/mol. The van der Waals surface area contributed by atoms with E-state index in [0.29, 0.717) is 0 Å². The molecule has 0 aliphatic carbocycles. The average molecular weight is 287 g/mol. The molecule has 0 N–H and O–H groups in total. The Morgan fingerprint density at radius 2 is 1.90 bits per heavy atom. The molecule has 1 atom stereocenters. The molecule has 114 valence electrons. The van der Waals surface area contributed by atoms with Crippen LogP contribution < -0.4 is 4.90 Å². The van der Waals surface area contributed by atoms with E-state index in [9.17, 15) is 4.79 Å². The van der Waals surface area contributed by atoms with Crippen molar-refractivity contribution in [1.29, 1.82) is 0 Å². The Bertz CT molecular complexity index is 495. The minimum atomic E-state index is 0.183. The highest BCUT2D eigenvalue weighted by Gasteiger charge is 2.31.